The van der Waals surface area contributed by atoms with Crippen LogP contribution in [0.4, 0.5) is 0 Å². The van der Waals surface area contributed by atoms with Gasteiger partial charge in [-0.05, 0) is 20.8 Å². The number of hydrogen-bond acceptors (Lipinski definition) is 2. The molecular formula is C12H20ClN2O+. The van der Waals surface area contributed by atoms with Crippen molar-refractivity contribution in [1.82, 2.24) is 0 Å². The van der Waals surface area contributed by atoms with Gasteiger partial charge in [0.25, 0.3) is 0 Å². The Kier molecular flexibility index (Phi) is 3.12. The van der Waals surface area contributed by atoms with Gasteiger partial charge in [0.15, 0.2) is 0 Å². The minimum absolute atomic E-state index is 0.0577. The lowest BCUT2D eigenvalue weighted by molar-refractivity contribution is -0.953. The second-order valence-electron chi connectivity index (χ2n) is 5.47. The lowest BCUT2D eigenvalue weighted by Crippen LogP contribution is -2.59. The van der Waals surface area contributed by atoms with Crippen molar-refractivity contribution < 1.29 is 9.33 Å². The van der Waals surface area contributed by atoms with Crippen molar-refractivity contribution in [3.05, 3.63) is 12.3 Å². The average molecular weight is 244 g/mol. The molecule has 3 nitrogen and oxygen atoms in total. The summed E-state index contributed by atoms with van der Waals surface area (Å²) in [6, 6.07) is 0.422. The van der Waals surface area contributed by atoms with E-state index in [1.807, 2.05) is 12.3 Å². The number of quaternary nitrogens is 1. The molecule has 3 unspecified atom stereocenters. The third-order valence-corrected chi connectivity index (χ3v) is 3.80. The maximum atomic E-state index is 6.09. The highest BCUT2D eigenvalue weighted by Gasteiger charge is 2.49. The summed E-state index contributed by atoms with van der Waals surface area (Å²) in [5, 5.41) is 4.68. The first-order valence-corrected chi connectivity index (χ1v) is 6.27. The molecular weight excluding hydrogens is 224 g/mol. The van der Waals surface area contributed by atoms with Crippen molar-refractivity contribution in [2.24, 2.45) is 5.10 Å². The van der Waals surface area contributed by atoms with Crippen LogP contribution in [0.15, 0.2) is 17.4 Å². The van der Waals surface area contributed by atoms with Gasteiger partial charge in [-0.25, -0.2) is 0 Å². The largest absolute Gasteiger partial charge is 0.362 e. The Morgan fingerprint density at radius 1 is 1.44 bits per heavy atom. The zero-order valence-electron chi connectivity index (χ0n) is 10.2. The predicted octanol–water partition coefficient (Wildman–Crippen LogP) is 2.86. The van der Waals surface area contributed by atoms with Gasteiger partial charge >= 0.3 is 0 Å². The quantitative estimate of drug-likeness (QED) is 0.513. The number of rotatable bonds is 1. The number of halogens is 1. The summed E-state index contributed by atoms with van der Waals surface area (Å²) in [6.45, 7) is 7.40. The summed E-state index contributed by atoms with van der Waals surface area (Å²) in [4.78, 5) is 0. The van der Waals surface area contributed by atoms with E-state index in [0.717, 1.165) is 19.4 Å². The van der Waals surface area contributed by atoms with Crippen molar-refractivity contribution in [3.8, 4) is 0 Å². The van der Waals surface area contributed by atoms with Crippen LogP contribution in [0.2, 0.25) is 0 Å². The number of hydrogen-bond donors (Lipinski definition) is 0. The normalized spacial score (nSPS) is 39.2. The second kappa shape index (κ2) is 4.13. The molecule has 0 aromatic carbocycles. The SMILES string of the molecule is CC(C)(C)[N+]1(C2CCOC(Cl)C2)C=CC=N1. The van der Waals surface area contributed by atoms with Crippen LogP contribution in [0, 0.1) is 0 Å². The molecule has 16 heavy (non-hydrogen) atoms. The van der Waals surface area contributed by atoms with Crippen LogP contribution in [-0.2, 0) is 4.74 Å². The number of allylic oxidation sites excluding steroid dienone is 1. The molecule has 1 fully saturated rings. The van der Waals surface area contributed by atoms with Gasteiger partial charge < -0.3 is 4.74 Å². The van der Waals surface area contributed by atoms with Gasteiger partial charge in [0.05, 0.1) is 12.8 Å². The zero-order valence-corrected chi connectivity index (χ0v) is 10.9. The molecule has 0 aromatic rings. The fraction of sp³-hybridized carbons (Fsp3) is 0.750. The first-order valence-electron chi connectivity index (χ1n) is 5.83. The summed E-state index contributed by atoms with van der Waals surface area (Å²) < 4.78 is 6.06. The third kappa shape index (κ3) is 1.92. The van der Waals surface area contributed by atoms with E-state index in [4.69, 9.17) is 16.3 Å². The Labute approximate surface area is 102 Å². The minimum atomic E-state index is -0.166. The molecule has 90 valence electrons. The van der Waals surface area contributed by atoms with Gasteiger partial charge in [-0.1, -0.05) is 16.7 Å². The van der Waals surface area contributed by atoms with E-state index in [-0.39, 0.29) is 11.1 Å². The van der Waals surface area contributed by atoms with Crippen LogP contribution in [0.3, 0.4) is 0 Å². The predicted molar refractivity (Wildman–Crippen MR) is 66.3 cm³/mol. The van der Waals surface area contributed by atoms with Crippen LogP contribution in [-0.4, -0.2) is 34.6 Å². The van der Waals surface area contributed by atoms with E-state index in [9.17, 15) is 0 Å². The van der Waals surface area contributed by atoms with Gasteiger partial charge in [0, 0.05) is 18.9 Å². The number of alkyl halides is 1. The lowest BCUT2D eigenvalue weighted by atomic mass is 9.97. The van der Waals surface area contributed by atoms with Gasteiger partial charge in [0.2, 0.25) is 0 Å². The van der Waals surface area contributed by atoms with E-state index in [2.05, 4.69) is 32.1 Å². The number of nitrogens with zero attached hydrogens (tertiary/aromatic N) is 2. The van der Waals surface area contributed by atoms with E-state index in [0.29, 0.717) is 10.6 Å². The molecule has 1 saturated heterocycles. The summed E-state index contributed by atoms with van der Waals surface area (Å²) in [7, 11) is 0. The van der Waals surface area contributed by atoms with Crippen molar-refractivity contribution in [1.29, 1.82) is 0 Å². The highest BCUT2D eigenvalue weighted by Crippen LogP contribution is 2.38. The molecule has 0 N–H and O–H groups in total. The number of ether oxygens (including phenoxy) is 1. The van der Waals surface area contributed by atoms with E-state index in [1.165, 1.54) is 0 Å². The molecule has 2 rings (SSSR count). The Hall–Kier alpha value is -0.380. The smallest absolute Gasteiger partial charge is 0.136 e. The molecule has 2 aliphatic heterocycles. The highest BCUT2D eigenvalue weighted by atomic mass is 35.5. The molecule has 0 amide bonds. The fourth-order valence-corrected chi connectivity index (χ4v) is 2.90. The Balaban J connectivity index is 2.27. The standard InChI is InChI=1S/C12H20ClN2O/c1-12(2,3)15(7-4-6-14-15)10-5-8-16-11(13)9-10/h4,6-7,10-11H,5,8-9H2,1-3H3/q+1. The first kappa shape index (κ1) is 12.1. The Morgan fingerprint density at radius 3 is 2.69 bits per heavy atom. The second-order valence-corrected chi connectivity index (χ2v) is 5.96. The third-order valence-electron chi connectivity index (χ3n) is 3.50. The zero-order chi connectivity index (χ0) is 11.8. The molecule has 2 heterocycles. The van der Waals surface area contributed by atoms with Gasteiger partial charge in [0.1, 0.15) is 23.3 Å². The van der Waals surface area contributed by atoms with Crippen molar-refractivity contribution in [2.75, 3.05) is 6.61 Å². The molecule has 0 saturated carbocycles. The summed E-state index contributed by atoms with van der Waals surface area (Å²) >= 11 is 6.09. The molecule has 0 aliphatic carbocycles. The Bertz CT molecular complexity index is 307. The molecule has 3 atom stereocenters. The highest BCUT2D eigenvalue weighted by molar-refractivity contribution is 6.19. The molecule has 0 bridgehead atoms. The topological polar surface area (TPSA) is 21.6 Å². The van der Waals surface area contributed by atoms with Crippen molar-refractivity contribution >= 4 is 17.8 Å². The van der Waals surface area contributed by atoms with E-state index in [1.54, 1.807) is 0 Å². The summed E-state index contributed by atoms with van der Waals surface area (Å²) in [5.41, 5.74) is -0.109. The molecule has 0 aromatic heterocycles. The fourth-order valence-electron chi connectivity index (χ4n) is 2.61. The van der Waals surface area contributed by atoms with Crippen LogP contribution in [0.5, 0.6) is 0 Å². The van der Waals surface area contributed by atoms with Crippen molar-refractivity contribution in [2.45, 2.75) is 50.8 Å². The van der Waals surface area contributed by atoms with Gasteiger partial charge in [-0.2, -0.15) is 4.59 Å². The maximum Gasteiger partial charge on any atom is 0.136 e. The van der Waals surface area contributed by atoms with Gasteiger partial charge in [-0.3, -0.25) is 0 Å². The van der Waals surface area contributed by atoms with Crippen LogP contribution >= 0.6 is 11.6 Å². The van der Waals surface area contributed by atoms with Crippen LogP contribution < -0.4 is 0 Å². The van der Waals surface area contributed by atoms with E-state index >= 15 is 0 Å². The summed E-state index contributed by atoms with van der Waals surface area (Å²) in [6.07, 6.45) is 7.98. The molecule has 4 heteroatoms. The monoisotopic (exact) mass is 243 g/mol. The maximum absolute atomic E-state index is 6.09. The van der Waals surface area contributed by atoms with Crippen molar-refractivity contribution in [3.63, 3.8) is 0 Å². The lowest BCUT2D eigenvalue weighted by Gasteiger charge is -2.45. The average Bonchev–Trinajstić information content (AvgIpc) is 2.66. The van der Waals surface area contributed by atoms with E-state index < -0.39 is 0 Å². The molecule has 0 radical (unpaired) electrons. The Morgan fingerprint density at radius 2 is 2.19 bits per heavy atom. The van der Waals surface area contributed by atoms with Crippen LogP contribution in [0.25, 0.3) is 0 Å². The molecule has 0 spiro atoms. The van der Waals surface area contributed by atoms with Gasteiger partial charge in [-0.15, -0.1) is 0 Å². The summed E-state index contributed by atoms with van der Waals surface area (Å²) in [5.74, 6) is 0. The minimum Gasteiger partial charge on any atom is -0.362 e. The molecule has 2 aliphatic rings. The van der Waals surface area contributed by atoms with Crippen LogP contribution in [0.1, 0.15) is 33.6 Å². The first-order chi connectivity index (χ1) is 7.46.